The number of methoxy groups -OCH3 is 1. The van der Waals surface area contributed by atoms with Crippen LogP contribution in [0.1, 0.15) is 36.2 Å². The zero-order chi connectivity index (χ0) is 14.8. The molecule has 0 spiro atoms. The molecule has 1 heterocycles. The van der Waals surface area contributed by atoms with Crippen molar-refractivity contribution >= 4 is 27.3 Å². The van der Waals surface area contributed by atoms with Crippen molar-refractivity contribution < 1.29 is 17.9 Å². The molecule has 0 bridgehead atoms. The summed E-state index contributed by atoms with van der Waals surface area (Å²) in [5.74, 6) is -0.764. The fourth-order valence-electron chi connectivity index (χ4n) is 2.39. The molecular weight excluding hydrogens is 302 g/mol. The lowest BCUT2D eigenvalue weighted by molar-refractivity contribution is 0.0590. The van der Waals surface area contributed by atoms with Crippen LogP contribution in [0.5, 0.6) is 0 Å². The van der Waals surface area contributed by atoms with Crippen molar-refractivity contribution in [3.63, 3.8) is 0 Å². The van der Waals surface area contributed by atoms with Gasteiger partial charge in [0.1, 0.15) is 0 Å². The van der Waals surface area contributed by atoms with E-state index in [2.05, 4.69) is 14.4 Å². The second-order valence-electron chi connectivity index (χ2n) is 4.78. The number of nitrogens with one attached hydrogen (secondary N) is 1. The monoisotopic (exact) mass is 319 g/mol. The van der Waals surface area contributed by atoms with Crippen LogP contribution in [-0.2, 0) is 14.8 Å². The van der Waals surface area contributed by atoms with Crippen LogP contribution >= 0.6 is 11.3 Å². The Labute approximate surface area is 121 Å². The first-order chi connectivity index (χ1) is 9.44. The summed E-state index contributed by atoms with van der Waals surface area (Å²) >= 11 is 0.890. The fraction of sp³-hybridized carbons (Fsp3) is 0.636. The summed E-state index contributed by atoms with van der Waals surface area (Å²) < 4.78 is 32.0. The molecule has 9 heteroatoms. The molecule has 1 aromatic heterocycles. The van der Waals surface area contributed by atoms with Gasteiger partial charge in [0.2, 0.25) is 0 Å². The lowest BCUT2D eigenvalue weighted by Crippen LogP contribution is -2.51. The van der Waals surface area contributed by atoms with Crippen LogP contribution in [0.4, 0.5) is 0 Å². The van der Waals surface area contributed by atoms with Gasteiger partial charge in [-0.3, -0.25) is 0 Å². The number of nitrogens with two attached hydrogens (primary N) is 1. The Morgan fingerprint density at radius 3 is 2.75 bits per heavy atom. The summed E-state index contributed by atoms with van der Waals surface area (Å²) in [6.07, 6.45) is 3.28. The fourth-order valence-corrected chi connectivity index (χ4v) is 4.99. The number of thiazole rings is 1. The third-order valence-corrected chi connectivity index (χ3v) is 6.41. The van der Waals surface area contributed by atoms with Crippen LogP contribution in [0.15, 0.2) is 9.72 Å². The highest BCUT2D eigenvalue weighted by atomic mass is 32.2. The highest BCUT2D eigenvalue weighted by Gasteiger charge is 2.38. The van der Waals surface area contributed by atoms with Gasteiger partial charge in [0.25, 0.3) is 10.0 Å². The average molecular weight is 319 g/mol. The predicted molar refractivity (Wildman–Crippen MR) is 74.0 cm³/mol. The van der Waals surface area contributed by atoms with Gasteiger partial charge < -0.3 is 10.5 Å². The topological polar surface area (TPSA) is 111 Å². The van der Waals surface area contributed by atoms with Gasteiger partial charge >= 0.3 is 5.97 Å². The van der Waals surface area contributed by atoms with Crippen molar-refractivity contribution in [2.75, 3.05) is 13.7 Å². The van der Waals surface area contributed by atoms with Gasteiger partial charge in [-0.2, -0.15) is 0 Å². The lowest BCUT2D eigenvalue weighted by atomic mass is 10.0. The predicted octanol–water partition coefficient (Wildman–Crippen LogP) is 0.479. The SMILES string of the molecule is COC(=O)c1ncsc1S(=O)(=O)NC1(CN)CCCC1. The Morgan fingerprint density at radius 2 is 2.20 bits per heavy atom. The molecule has 20 heavy (non-hydrogen) atoms. The summed E-state index contributed by atoms with van der Waals surface area (Å²) in [7, 11) is -2.65. The molecular formula is C11H17N3O4S2. The van der Waals surface area contributed by atoms with Gasteiger partial charge in [0, 0.05) is 12.1 Å². The first kappa shape index (κ1) is 15.4. The van der Waals surface area contributed by atoms with Crippen molar-refractivity contribution in [1.82, 2.24) is 9.71 Å². The van der Waals surface area contributed by atoms with Crippen LogP contribution in [0, 0.1) is 0 Å². The first-order valence-electron chi connectivity index (χ1n) is 6.20. The molecule has 1 aliphatic rings. The minimum absolute atomic E-state index is 0.121. The summed E-state index contributed by atoms with van der Waals surface area (Å²) in [6, 6.07) is 0. The van der Waals surface area contributed by atoms with Crippen LogP contribution < -0.4 is 10.5 Å². The highest BCUT2D eigenvalue weighted by Crippen LogP contribution is 2.31. The Hall–Kier alpha value is -1.03. The first-order valence-corrected chi connectivity index (χ1v) is 8.56. The van der Waals surface area contributed by atoms with E-state index in [0.29, 0.717) is 12.8 Å². The Balaban J connectivity index is 2.31. The number of carbonyl (C=O) groups excluding carboxylic acids is 1. The minimum Gasteiger partial charge on any atom is -0.464 e. The van der Waals surface area contributed by atoms with E-state index >= 15 is 0 Å². The van der Waals surface area contributed by atoms with Gasteiger partial charge in [-0.1, -0.05) is 12.8 Å². The van der Waals surface area contributed by atoms with E-state index in [-0.39, 0.29) is 16.4 Å². The molecule has 0 saturated heterocycles. The highest BCUT2D eigenvalue weighted by molar-refractivity contribution is 7.91. The maximum Gasteiger partial charge on any atom is 0.358 e. The average Bonchev–Trinajstić information content (AvgIpc) is 3.06. The van der Waals surface area contributed by atoms with Gasteiger partial charge in [-0.15, -0.1) is 11.3 Å². The van der Waals surface area contributed by atoms with Crippen molar-refractivity contribution in [2.24, 2.45) is 5.73 Å². The molecule has 0 unspecified atom stereocenters. The number of hydrogen-bond acceptors (Lipinski definition) is 7. The molecule has 1 aliphatic carbocycles. The van der Waals surface area contributed by atoms with Crippen LogP contribution in [0.3, 0.4) is 0 Å². The van der Waals surface area contributed by atoms with Crippen LogP contribution in [0.2, 0.25) is 0 Å². The van der Waals surface area contributed by atoms with Crippen molar-refractivity contribution in [3.8, 4) is 0 Å². The number of rotatable bonds is 5. The maximum atomic E-state index is 12.5. The molecule has 0 aliphatic heterocycles. The molecule has 1 aromatic rings. The number of carbonyl (C=O) groups is 1. The van der Waals surface area contributed by atoms with Gasteiger partial charge in [-0.25, -0.2) is 22.9 Å². The van der Waals surface area contributed by atoms with Crippen molar-refractivity contribution in [3.05, 3.63) is 11.2 Å². The molecule has 0 radical (unpaired) electrons. The minimum atomic E-state index is -3.83. The van der Waals surface area contributed by atoms with E-state index < -0.39 is 21.5 Å². The van der Waals surface area contributed by atoms with Gasteiger partial charge in [-0.05, 0) is 12.8 Å². The zero-order valence-corrected chi connectivity index (χ0v) is 12.7. The summed E-state index contributed by atoms with van der Waals surface area (Å²) in [5, 5.41) is 0. The van der Waals surface area contributed by atoms with E-state index in [9.17, 15) is 13.2 Å². The van der Waals surface area contributed by atoms with Gasteiger partial charge in [0.05, 0.1) is 12.6 Å². The third kappa shape index (κ3) is 2.85. The number of aromatic nitrogens is 1. The third-order valence-electron chi connectivity index (χ3n) is 3.46. The van der Waals surface area contributed by atoms with Crippen LogP contribution in [-0.4, -0.2) is 38.6 Å². The Kier molecular flexibility index (Phi) is 4.43. The number of sulfonamides is 1. The number of hydrogen-bond donors (Lipinski definition) is 2. The molecule has 0 aromatic carbocycles. The number of esters is 1. The summed E-state index contributed by atoms with van der Waals surface area (Å²) in [6.45, 7) is 0.235. The standard InChI is InChI=1S/C11H17N3O4S2/c1-18-9(15)8-10(19-7-13-8)20(16,17)14-11(6-12)4-2-3-5-11/h7,14H,2-6,12H2,1H3. The molecule has 0 amide bonds. The van der Waals surface area contributed by atoms with E-state index in [1.165, 1.54) is 12.6 Å². The summed E-state index contributed by atoms with van der Waals surface area (Å²) in [5.41, 5.74) is 6.23. The molecule has 112 valence electrons. The normalized spacial score (nSPS) is 18.1. The van der Waals surface area contributed by atoms with E-state index in [1.807, 2.05) is 0 Å². The lowest BCUT2D eigenvalue weighted by Gasteiger charge is -2.27. The largest absolute Gasteiger partial charge is 0.464 e. The molecule has 0 atom stereocenters. The van der Waals surface area contributed by atoms with E-state index in [4.69, 9.17) is 5.73 Å². The zero-order valence-electron chi connectivity index (χ0n) is 11.1. The number of ether oxygens (including phenoxy) is 1. The second kappa shape index (κ2) is 5.76. The van der Waals surface area contributed by atoms with E-state index in [0.717, 1.165) is 24.2 Å². The number of nitrogens with zero attached hydrogens (tertiary/aromatic N) is 1. The maximum absolute atomic E-state index is 12.5. The second-order valence-corrected chi connectivity index (χ2v) is 7.51. The summed E-state index contributed by atoms with van der Waals surface area (Å²) in [4.78, 5) is 15.3. The Bertz CT molecular complexity index is 591. The van der Waals surface area contributed by atoms with Crippen molar-refractivity contribution in [1.29, 1.82) is 0 Å². The van der Waals surface area contributed by atoms with Gasteiger partial charge in [0.15, 0.2) is 9.90 Å². The molecule has 1 fully saturated rings. The molecule has 1 saturated carbocycles. The van der Waals surface area contributed by atoms with Crippen molar-refractivity contribution in [2.45, 2.75) is 35.4 Å². The Morgan fingerprint density at radius 1 is 1.55 bits per heavy atom. The quantitative estimate of drug-likeness (QED) is 0.764. The smallest absolute Gasteiger partial charge is 0.358 e. The molecule has 3 N–H and O–H groups in total. The van der Waals surface area contributed by atoms with E-state index in [1.54, 1.807) is 0 Å². The molecule has 7 nitrogen and oxygen atoms in total. The van der Waals surface area contributed by atoms with Crippen LogP contribution in [0.25, 0.3) is 0 Å². The molecule has 2 rings (SSSR count).